The summed E-state index contributed by atoms with van der Waals surface area (Å²) in [6.45, 7) is 1.09. The van der Waals surface area contributed by atoms with Crippen LogP contribution in [0.5, 0.6) is 11.5 Å². The largest absolute Gasteiger partial charge is 0.486 e. The van der Waals surface area contributed by atoms with E-state index in [9.17, 15) is 9.59 Å². The second kappa shape index (κ2) is 7.60. The molecule has 1 aliphatic heterocycles. The van der Waals surface area contributed by atoms with Gasteiger partial charge in [-0.3, -0.25) is 4.79 Å². The molecule has 0 saturated carbocycles. The number of Topliss-reactive ketones (excluding diaryl/α,β-unsaturated/α-hetero) is 1. The summed E-state index contributed by atoms with van der Waals surface area (Å²) in [5.41, 5.74) is 2.22. The third kappa shape index (κ3) is 3.51. The highest BCUT2D eigenvalue weighted by Gasteiger charge is 2.26. The maximum atomic E-state index is 12.6. The van der Waals surface area contributed by atoms with E-state index in [2.05, 4.69) is 5.32 Å². The van der Waals surface area contributed by atoms with Gasteiger partial charge >= 0.3 is 5.97 Å². The molecule has 0 radical (unpaired) electrons. The average molecular weight is 387 g/mol. The molecule has 2 heterocycles. The number of methoxy groups -OCH3 is 1. The van der Waals surface area contributed by atoms with Gasteiger partial charge < -0.3 is 19.5 Å². The lowest BCUT2D eigenvalue weighted by atomic mass is 9.95. The molecule has 0 fully saturated rings. The van der Waals surface area contributed by atoms with Crippen molar-refractivity contribution >= 4 is 28.1 Å². The van der Waals surface area contributed by atoms with Crippen LogP contribution < -0.4 is 14.8 Å². The molecule has 0 unspecified atom stereocenters. The quantitative estimate of drug-likeness (QED) is 0.625. The minimum Gasteiger partial charge on any atom is -0.486 e. The van der Waals surface area contributed by atoms with Crippen LogP contribution >= 0.6 is 11.3 Å². The molecule has 2 aromatic rings. The SMILES string of the molecule is COC(=O)c1c(NCC(=O)c2ccc3c(c2)OCCO3)sc2c1CCCC2. The number of carbonyl (C=O) groups is 2. The van der Waals surface area contributed by atoms with Crippen LogP contribution in [0.3, 0.4) is 0 Å². The van der Waals surface area contributed by atoms with Crippen molar-refractivity contribution in [2.45, 2.75) is 25.7 Å². The van der Waals surface area contributed by atoms with E-state index in [-0.39, 0.29) is 18.3 Å². The summed E-state index contributed by atoms with van der Waals surface area (Å²) < 4.78 is 16.0. The monoisotopic (exact) mass is 387 g/mol. The van der Waals surface area contributed by atoms with Gasteiger partial charge in [0.25, 0.3) is 0 Å². The van der Waals surface area contributed by atoms with E-state index in [1.54, 1.807) is 29.5 Å². The Morgan fingerprint density at radius 2 is 1.93 bits per heavy atom. The van der Waals surface area contributed by atoms with Crippen LogP contribution in [0.25, 0.3) is 0 Å². The van der Waals surface area contributed by atoms with Crippen LogP contribution in [0.2, 0.25) is 0 Å². The summed E-state index contributed by atoms with van der Waals surface area (Å²) in [4.78, 5) is 26.1. The van der Waals surface area contributed by atoms with Crippen molar-refractivity contribution < 1.29 is 23.8 Å². The topological polar surface area (TPSA) is 73.9 Å². The summed E-state index contributed by atoms with van der Waals surface area (Å²) in [5.74, 6) is 0.830. The number of ether oxygens (including phenoxy) is 3. The van der Waals surface area contributed by atoms with Gasteiger partial charge in [0, 0.05) is 10.4 Å². The van der Waals surface area contributed by atoms with Gasteiger partial charge in [0.15, 0.2) is 17.3 Å². The van der Waals surface area contributed by atoms with Gasteiger partial charge in [-0.2, -0.15) is 0 Å². The third-order valence-corrected chi connectivity index (χ3v) is 6.08. The van der Waals surface area contributed by atoms with Crippen molar-refractivity contribution in [3.05, 3.63) is 39.8 Å². The summed E-state index contributed by atoms with van der Waals surface area (Å²) in [7, 11) is 1.39. The fourth-order valence-electron chi connectivity index (χ4n) is 3.49. The highest BCUT2D eigenvalue weighted by atomic mass is 32.1. The molecule has 0 spiro atoms. The van der Waals surface area contributed by atoms with Gasteiger partial charge in [-0.1, -0.05) is 0 Å². The number of esters is 1. The Kier molecular flexibility index (Phi) is 5.03. The van der Waals surface area contributed by atoms with Gasteiger partial charge in [-0.25, -0.2) is 4.79 Å². The first-order chi connectivity index (χ1) is 13.2. The molecule has 0 saturated heterocycles. The van der Waals surface area contributed by atoms with Crippen molar-refractivity contribution in [1.82, 2.24) is 0 Å². The molecule has 1 aliphatic carbocycles. The molecule has 4 rings (SSSR count). The summed E-state index contributed by atoms with van der Waals surface area (Å²) in [6, 6.07) is 5.20. The minimum atomic E-state index is -0.344. The Bertz CT molecular complexity index is 889. The van der Waals surface area contributed by atoms with Crippen LogP contribution in [-0.2, 0) is 17.6 Å². The number of carbonyl (C=O) groups excluding carboxylic acids is 2. The number of hydrogen-bond acceptors (Lipinski definition) is 7. The lowest BCUT2D eigenvalue weighted by Crippen LogP contribution is -2.18. The van der Waals surface area contributed by atoms with Gasteiger partial charge in [-0.05, 0) is 49.4 Å². The number of thiophene rings is 1. The lowest BCUT2D eigenvalue weighted by molar-refractivity contribution is 0.0600. The maximum Gasteiger partial charge on any atom is 0.341 e. The van der Waals surface area contributed by atoms with Crippen LogP contribution in [-0.4, -0.2) is 38.6 Å². The first-order valence-electron chi connectivity index (χ1n) is 9.07. The Morgan fingerprint density at radius 3 is 2.74 bits per heavy atom. The normalized spacial score (nSPS) is 15.0. The molecule has 1 aromatic heterocycles. The zero-order valence-corrected chi connectivity index (χ0v) is 15.9. The zero-order chi connectivity index (χ0) is 18.8. The molecule has 142 valence electrons. The van der Waals surface area contributed by atoms with Crippen molar-refractivity contribution in [3.8, 4) is 11.5 Å². The van der Waals surface area contributed by atoms with E-state index in [0.717, 1.165) is 36.2 Å². The first-order valence-corrected chi connectivity index (χ1v) is 9.88. The van der Waals surface area contributed by atoms with Crippen molar-refractivity contribution in [3.63, 3.8) is 0 Å². The predicted octanol–water partition coefficient (Wildman–Crippen LogP) is 3.48. The first kappa shape index (κ1) is 17.9. The van der Waals surface area contributed by atoms with E-state index >= 15 is 0 Å². The van der Waals surface area contributed by atoms with E-state index in [4.69, 9.17) is 14.2 Å². The number of hydrogen-bond donors (Lipinski definition) is 1. The third-order valence-electron chi connectivity index (χ3n) is 4.83. The van der Waals surface area contributed by atoms with Gasteiger partial charge in [-0.15, -0.1) is 11.3 Å². The average Bonchev–Trinajstić information content (AvgIpc) is 3.09. The smallest absolute Gasteiger partial charge is 0.341 e. The van der Waals surface area contributed by atoms with Crippen molar-refractivity contribution in [1.29, 1.82) is 0 Å². The number of anilines is 1. The zero-order valence-electron chi connectivity index (χ0n) is 15.1. The highest BCUT2D eigenvalue weighted by molar-refractivity contribution is 7.16. The minimum absolute atomic E-state index is 0.0749. The fourth-order valence-corrected chi connectivity index (χ4v) is 4.76. The summed E-state index contributed by atoms with van der Waals surface area (Å²) in [6.07, 6.45) is 4.06. The molecule has 0 bridgehead atoms. The Labute approximate surface area is 161 Å². The number of nitrogens with one attached hydrogen (secondary N) is 1. The van der Waals surface area contributed by atoms with Crippen molar-refractivity contribution in [2.75, 3.05) is 32.2 Å². The molecule has 1 N–H and O–H groups in total. The molecule has 0 atom stereocenters. The number of ketones is 1. The summed E-state index contributed by atoms with van der Waals surface area (Å²) in [5, 5.41) is 3.88. The molecule has 6 nitrogen and oxygen atoms in total. The number of aryl methyl sites for hydroxylation is 1. The van der Waals surface area contributed by atoms with Crippen LogP contribution in [0.4, 0.5) is 5.00 Å². The second-order valence-corrected chi connectivity index (χ2v) is 7.65. The number of rotatable bonds is 5. The molecular formula is C20H21NO5S. The van der Waals surface area contributed by atoms with Gasteiger partial charge in [0.1, 0.15) is 18.2 Å². The highest BCUT2D eigenvalue weighted by Crippen LogP contribution is 2.38. The van der Waals surface area contributed by atoms with Crippen LogP contribution in [0.15, 0.2) is 18.2 Å². The molecule has 1 aromatic carbocycles. The van der Waals surface area contributed by atoms with Crippen LogP contribution in [0.1, 0.15) is 44.0 Å². The maximum absolute atomic E-state index is 12.6. The Morgan fingerprint density at radius 1 is 1.15 bits per heavy atom. The Hall–Kier alpha value is -2.54. The Balaban J connectivity index is 1.52. The standard InChI is InChI=1S/C20H21NO5S/c1-24-20(23)18-13-4-2-3-5-17(13)27-19(18)21-11-14(22)12-6-7-15-16(10-12)26-9-8-25-15/h6-7,10,21H,2-5,8-9,11H2,1H3. The van der Waals surface area contributed by atoms with Gasteiger partial charge in [0.2, 0.25) is 0 Å². The fraction of sp³-hybridized carbons (Fsp3) is 0.400. The van der Waals surface area contributed by atoms with Gasteiger partial charge in [0.05, 0.1) is 19.2 Å². The molecule has 27 heavy (non-hydrogen) atoms. The molecule has 2 aliphatic rings. The molecular weight excluding hydrogens is 366 g/mol. The lowest BCUT2D eigenvalue weighted by Gasteiger charge is -2.18. The van der Waals surface area contributed by atoms with Crippen LogP contribution in [0, 0.1) is 0 Å². The molecule has 0 amide bonds. The number of benzene rings is 1. The van der Waals surface area contributed by atoms with Crippen molar-refractivity contribution in [2.24, 2.45) is 0 Å². The second-order valence-electron chi connectivity index (χ2n) is 6.54. The molecule has 7 heteroatoms. The summed E-state index contributed by atoms with van der Waals surface area (Å²) >= 11 is 1.56. The predicted molar refractivity (Wildman–Crippen MR) is 103 cm³/mol. The number of fused-ring (bicyclic) bond motifs is 2. The van der Waals surface area contributed by atoms with E-state index in [0.29, 0.717) is 35.8 Å². The van der Waals surface area contributed by atoms with E-state index in [1.807, 2.05) is 0 Å². The van der Waals surface area contributed by atoms with E-state index in [1.165, 1.54) is 12.0 Å². The van der Waals surface area contributed by atoms with E-state index < -0.39 is 0 Å².